The molecule has 1 aromatic carbocycles. The van der Waals surface area contributed by atoms with Crippen LogP contribution in [-0.4, -0.2) is 28.6 Å². The molecular formula is C15H18Cl2N2O2. The van der Waals surface area contributed by atoms with Crippen molar-refractivity contribution in [2.75, 3.05) is 6.54 Å². The Morgan fingerprint density at radius 3 is 2.76 bits per heavy atom. The maximum Gasteiger partial charge on any atom is 0.269 e. The van der Waals surface area contributed by atoms with Crippen LogP contribution in [0.4, 0.5) is 0 Å². The van der Waals surface area contributed by atoms with E-state index in [2.05, 4.69) is 10.3 Å². The van der Waals surface area contributed by atoms with Crippen molar-refractivity contribution >= 4 is 40.0 Å². The standard InChI is InChI=1S/C15H18Cl2N2O2/c1-8(5-9(2)20)7-18-15(21)14-13(17)11-6-10(16)3-4-12(11)19-14/h3-4,6,8-9,19-20H,5,7H2,1-2H3,(H,18,21). The quantitative estimate of drug-likeness (QED) is 0.784. The summed E-state index contributed by atoms with van der Waals surface area (Å²) in [6, 6.07) is 5.25. The van der Waals surface area contributed by atoms with Gasteiger partial charge in [-0.2, -0.15) is 0 Å². The average Bonchev–Trinajstić information content (AvgIpc) is 2.73. The van der Waals surface area contributed by atoms with Gasteiger partial charge in [0.2, 0.25) is 0 Å². The van der Waals surface area contributed by atoms with Crippen LogP contribution in [0.1, 0.15) is 30.8 Å². The van der Waals surface area contributed by atoms with E-state index in [1.807, 2.05) is 6.92 Å². The van der Waals surface area contributed by atoms with E-state index in [1.165, 1.54) is 0 Å². The molecule has 21 heavy (non-hydrogen) atoms. The van der Waals surface area contributed by atoms with Crippen molar-refractivity contribution in [3.63, 3.8) is 0 Å². The SMILES string of the molecule is CC(O)CC(C)CNC(=O)c1[nH]c2ccc(Cl)cc2c1Cl. The lowest BCUT2D eigenvalue weighted by molar-refractivity contribution is 0.0935. The number of aliphatic hydroxyl groups is 1. The summed E-state index contributed by atoms with van der Waals surface area (Å²) in [6.45, 7) is 4.19. The predicted octanol–water partition coefficient (Wildman–Crippen LogP) is 3.61. The van der Waals surface area contributed by atoms with Gasteiger partial charge in [-0.05, 0) is 37.5 Å². The number of halogens is 2. The fourth-order valence-electron chi connectivity index (χ4n) is 2.31. The largest absolute Gasteiger partial charge is 0.393 e. The van der Waals surface area contributed by atoms with Crippen LogP contribution < -0.4 is 5.32 Å². The fraction of sp³-hybridized carbons (Fsp3) is 0.400. The van der Waals surface area contributed by atoms with Gasteiger partial charge in [0.25, 0.3) is 5.91 Å². The highest BCUT2D eigenvalue weighted by molar-refractivity contribution is 6.39. The summed E-state index contributed by atoms with van der Waals surface area (Å²) < 4.78 is 0. The molecule has 0 spiro atoms. The number of amides is 1. The third-order valence-corrected chi connectivity index (χ3v) is 3.91. The van der Waals surface area contributed by atoms with Crippen molar-refractivity contribution in [3.05, 3.63) is 33.9 Å². The molecule has 2 aromatic rings. The summed E-state index contributed by atoms with van der Waals surface area (Å²) in [6.07, 6.45) is 0.256. The first-order valence-corrected chi connectivity index (χ1v) is 7.57. The van der Waals surface area contributed by atoms with Gasteiger partial charge >= 0.3 is 0 Å². The van der Waals surface area contributed by atoms with Crippen molar-refractivity contribution in [2.45, 2.75) is 26.4 Å². The maximum atomic E-state index is 12.2. The number of aliphatic hydroxyl groups excluding tert-OH is 1. The minimum absolute atomic E-state index is 0.187. The second kappa shape index (κ2) is 6.69. The molecule has 1 amide bonds. The molecule has 4 nitrogen and oxygen atoms in total. The molecule has 0 bridgehead atoms. The van der Waals surface area contributed by atoms with E-state index in [0.717, 1.165) is 10.9 Å². The van der Waals surface area contributed by atoms with Crippen LogP contribution in [0.25, 0.3) is 10.9 Å². The van der Waals surface area contributed by atoms with Gasteiger partial charge in [-0.15, -0.1) is 0 Å². The van der Waals surface area contributed by atoms with Crippen LogP contribution in [0, 0.1) is 5.92 Å². The van der Waals surface area contributed by atoms with Crippen LogP contribution in [0.5, 0.6) is 0 Å². The lowest BCUT2D eigenvalue weighted by Gasteiger charge is -2.13. The molecule has 1 aromatic heterocycles. The van der Waals surface area contributed by atoms with Crippen molar-refractivity contribution in [2.24, 2.45) is 5.92 Å². The average molecular weight is 329 g/mol. The number of benzene rings is 1. The molecule has 2 rings (SSSR count). The number of hydrogen-bond acceptors (Lipinski definition) is 2. The van der Waals surface area contributed by atoms with Crippen LogP contribution in [0.2, 0.25) is 10.0 Å². The number of aromatic nitrogens is 1. The molecule has 114 valence electrons. The predicted molar refractivity (Wildman–Crippen MR) is 86.1 cm³/mol. The van der Waals surface area contributed by atoms with Gasteiger partial charge < -0.3 is 15.4 Å². The van der Waals surface area contributed by atoms with E-state index in [4.69, 9.17) is 23.2 Å². The summed E-state index contributed by atoms with van der Waals surface area (Å²) in [7, 11) is 0. The molecule has 0 fully saturated rings. The monoisotopic (exact) mass is 328 g/mol. The van der Waals surface area contributed by atoms with E-state index in [-0.39, 0.29) is 17.9 Å². The molecule has 2 atom stereocenters. The third kappa shape index (κ3) is 3.90. The number of carbonyl (C=O) groups excluding carboxylic acids is 1. The number of hydrogen-bond donors (Lipinski definition) is 3. The smallest absolute Gasteiger partial charge is 0.269 e. The van der Waals surface area contributed by atoms with Gasteiger partial charge in [0.15, 0.2) is 0 Å². The Balaban J connectivity index is 2.11. The lowest BCUT2D eigenvalue weighted by Crippen LogP contribution is -2.29. The van der Waals surface area contributed by atoms with Gasteiger partial charge in [-0.3, -0.25) is 4.79 Å². The summed E-state index contributed by atoms with van der Waals surface area (Å²) in [5.74, 6) is -0.0729. The number of nitrogens with one attached hydrogen (secondary N) is 2. The molecule has 2 unspecified atom stereocenters. The number of rotatable bonds is 5. The highest BCUT2D eigenvalue weighted by Gasteiger charge is 2.17. The fourth-order valence-corrected chi connectivity index (χ4v) is 2.77. The van der Waals surface area contributed by atoms with Crippen molar-refractivity contribution in [3.8, 4) is 0 Å². The molecule has 0 radical (unpaired) electrons. The number of carbonyl (C=O) groups is 1. The van der Waals surface area contributed by atoms with E-state index in [1.54, 1.807) is 25.1 Å². The Kier molecular flexibility index (Phi) is 5.14. The topological polar surface area (TPSA) is 65.1 Å². The Bertz CT molecular complexity index is 652. The van der Waals surface area contributed by atoms with Crippen molar-refractivity contribution < 1.29 is 9.90 Å². The highest BCUT2D eigenvalue weighted by Crippen LogP contribution is 2.29. The highest BCUT2D eigenvalue weighted by atomic mass is 35.5. The van der Waals surface area contributed by atoms with Gasteiger partial charge in [-0.1, -0.05) is 30.1 Å². The van der Waals surface area contributed by atoms with E-state index >= 15 is 0 Å². The Morgan fingerprint density at radius 1 is 1.38 bits per heavy atom. The van der Waals surface area contributed by atoms with Gasteiger partial charge in [0, 0.05) is 22.5 Å². The molecule has 0 saturated heterocycles. The normalized spacial score (nSPS) is 14.1. The number of aromatic amines is 1. The van der Waals surface area contributed by atoms with Crippen LogP contribution >= 0.6 is 23.2 Å². The summed E-state index contributed by atoms with van der Waals surface area (Å²) in [5, 5.41) is 13.8. The Labute approximate surface area is 133 Å². The number of H-pyrrole nitrogens is 1. The first-order valence-electron chi connectivity index (χ1n) is 6.81. The Hall–Kier alpha value is -1.23. The van der Waals surface area contributed by atoms with Crippen LogP contribution in [-0.2, 0) is 0 Å². The van der Waals surface area contributed by atoms with Crippen LogP contribution in [0.15, 0.2) is 18.2 Å². The first-order chi connectivity index (χ1) is 9.88. The first kappa shape index (κ1) is 16.1. The summed E-state index contributed by atoms with van der Waals surface area (Å²) >= 11 is 12.2. The molecule has 6 heteroatoms. The molecule has 0 saturated carbocycles. The molecule has 1 heterocycles. The van der Waals surface area contributed by atoms with Crippen LogP contribution in [0.3, 0.4) is 0 Å². The van der Waals surface area contributed by atoms with Gasteiger partial charge in [0.1, 0.15) is 5.69 Å². The minimum atomic E-state index is -0.379. The molecular weight excluding hydrogens is 311 g/mol. The molecule has 0 aliphatic carbocycles. The lowest BCUT2D eigenvalue weighted by atomic mass is 10.0. The van der Waals surface area contributed by atoms with E-state index in [0.29, 0.717) is 28.7 Å². The zero-order valence-corrected chi connectivity index (χ0v) is 13.4. The third-order valence-electron chi connectivity index (χ3n) is 3.28. The summed E-state index contributed by atoms with van der Waals surface area (Å²) in [4.78, 5) is 15.2. The van der Waals surface area contributed by atoms with E-state index < -0.39 is 0 Å². The number of fused-ring (bicyclic) bond motifs is 1. The van der Waals surface area contributed by atoms with Crippen molar-refractivity contribution in [1.82, 2.24) is 10.3 Å². The Morgan fingerprint density at radius 2 is 2.10 bits per heavy atom. The van der Waals surface area contributed by atoms with Gasteiger partial charge in [-0.25, -0.2) is 0 Å². The second-order valence-electron chi connectivity index (χ2n) is 5.40. The van der Waals surface area contributed by atoms with Gasteiger partial charge in [0.05, 0.1) is 11.1 Å². The second-order valence-corrected chi connectivity index (χ2v) is 6.22. The maximum absolute atomic E-state index is 12.2. The van der Waals surface area contributed by atoms with E-state index in [9.17, 15) is 9.90 Å². The molecule has 3 N–H and O–H groups in total. The molecule has 0 aliphatic heterocycles. The molecule has 0 aliphatic rings. The van der Waals surface area contributed by atoms with Crippen molar-refractivity contribution in [1.29, 1.82) is 0 Å². The summed E-state index contributed by atoms with van der Waals surface area (Å²) in [5.41, 5.74) is 1.10. The zero-order valence-electron chi connectivity index (χ0n) is 11.9. The minimum Gasteiger partial charge on any atom is -0.393 e. The zero-order chi connectivity index (χ0) is 15.6.